The van der Waals surface area contributed by atoms with Crippen molar-refractivity contribution in [3.8, 4) is 17.3 Å². The number of carbonyl (C=O) groups excluding carboxylic acids is 1. The van der Waals surface area contributed by atoms with Gasteiger partial charge in [-0.1, -0.05) is 32.1 Å². The predicted molar refractivity (Wildman–Crippen MR) is 164 cm³/mol. The van der Waals surface area contributed by atoms with E-state index in [4.69, 9.17) is 9.72 Å². The molecule has 9 rings (SSSR count). The summed E-state index contributed by atoms with van der Waals surface area (Å²) in [5.41, 5.74) is 6.49. The number of aromatic nitrogens is 3. The standard InChI is InChI=1S/C35H40N4O2/c1-21(2)6-5-7-22-10-11-28-25(12-22)15-29(38(28)19-23-8-9-23)33-36-27-14-26(16-30(41-4)32(27)37(33)3)34(40)39-20-35-17-24(18-35)13-31(35)39/h5,7,10-12,14-16,21,23-24,31H,6,8-9,13,17-20H2,1-4H3/b7-5+. The molecule has 6 nitrogen and oxygen atoms in total. The van der Waals surface area contributed by atoms with Crippen LogP contribution in [0.25, 0.3) is 39.5 Å². The summed E-state index contributed by atoms with van der Waals surface area (Å²) >= 11 is 0. The summed E-state index contributed by atoms with van der Waals surface area (Å²) in [6.07, 6.45) is 12.0. The second kappa shape index (κ2) is 8.98. The van der Waals surface area contributed by atoms with Crippen LogP contribution < -0.4 is 4.74 Å². The van der Waals surface area contributed by atoms with Gasteiger partial charge in [-0.2, -0.15) is 0 Å². The zero-order valence-corrected chi connectivity index (χ0v) is 24.7. The Morgan fingerprint density at radius 1 is 1.17 bits per heavy atom. The minimum absolute atomic E-state index is 0.126. The normalized spacial score (nSPS) is 24.9. The van der Waals surface area contributed by atoms with Gasteiger partial charge in [-0.15, -0.1) is 0 Å². The third kappa shape index (κ3) is 3.89. The highest BCUT2D eigenvalue weighted by molar-refractivity contribution is 6.01. The lowest BCUT2D eigenvalue weighted by molar-refractivity contribution is -0.0552. The van der Waals surface area contributed by atoms with E-state index in [1.165, 1.54) is 48.6 Å². The molecular weight excluding hydrogens is 508 g/mol. The Morgan fingerprint density at radius 2 is 2.00 bits per heavy atom. The molecule has 1 atom stereocenters. The van der Waals surface area contributed by atoms with E-state index in [1.54, 1.807) is 7.11 Å². The Kier molecular flexibility index (Phi) is 5.52. The second-order valence-electron chi connectivity index (χ2n) is 13.8. The largest absolute Gasteiger partial charge is 0.494 e. The van der Waals surface area contributed by atoms with Crippen molar-refractivity contribution in [2.75, 3.05) is 13.7 Å². The van der Waals surface area contributed by atoms with E-state index in [0.717, 1.165) is 53.9 Å². The number of benzene rings is 2. The van der Waals surface area contributed by atoms with Gasteiger partial charge in [0.05, 0.1) is 18.3 Å². The number of carbonyl (C=O) groups is 1. The van der Waals surface area contributed by atoms with Crippen LogP contribution in [0.1, 0.15) is 68.3 Å². The van der Waals surface area contributed by atoms with Crippen LogP contribution in [0, 0.1) is 23.2 Å². The summed E-state index contributed by atoms with van der Waals surface area (Å²) in [6.45, 7) is 6.42. The van der Waals surface area contributed by atoms with E-state index in [0.29, 0.717) is 28.7 Å². The van der Waals surface area contributed by atoms with Crippen molar-refractivity contribution in [3.05, 3.63) is 53.6 Å². The van der Waals surface area contributed by atoms with Crippen LogP contribution in [-0.2, 0) is 13.6 Å². The first-order chi connectivity index (χ1) is 19.8. The molecule has 212 valence electrons. The molecule has 2 aromatic carbocycles. The molecule has 0 N–H and O–H groups in total. The molecule has 4 saturated carbocycles. The summed E-state index contributed by atoms with van der Waals surface area (Å²) in [4.78, 5) is 21.0. The van der Waals surface area contributed by atoms with E-state index < -0.39 is 0 Å². The number of allylic oxidation sites excluding steroid dienone is 1. The number of hydrogen-bond donors (Lipinski definition) is 0. The summed E-state index contributed by atoms with van der Waals surface area (Å²) in [5.74, 6) is 3.97. The molecule has 1 aliphatic heterocycles. The number of amides is 1. The fourth-order valence-electron chi connectivity index (χ4n) is 8.13. The number of imidazole rings is 1. The van der Waals surface area contributed by atoms with Crippen molar-refractivity contribution in [2.45, 2.75) is 65.0 Å². The molecule has 1 saturated heterocycles. The maximum absolute atomic E-state index is 13.7. The average molecular weight is 549 g/mol. The highest BCUT2D eigenvalue weighted by Crippen LogP contribution is 2.66. The molecule has 2 bridgehead atoms. The van der Waals surface area contributed by atoms with E-state index in [2.05, 4.69) is 71.3 Å². The predicted octanol–water partition coefficient (Wildman–Crippen LogP) is 7.30. The van der Waals surface area contributed by atoms with Gasteiger partial charge in [0.2, 0.25) is 0 Å². The topological polar surface area (TPSA) is 52.3 Å². The van der Waals surface area contributed by atoms with Crippen molar-refractivity contribution < 1.29 is 9.53 Å². The SMILES string of the molecule is COc1cc(C(=O)N2CC34CC(CC23)C4)cc2nc(-c3cc4cc(/C=C/CC(C)C)ccc4n3CC3CC3)n(C)c12. The van der Waals surface area contributed by atoms with Gasteiger partial charge in [0.1, 0.15) is 11.3 Å². The molecule has 0 radical (unpaired) electrons. The van der Waals surface area contributed by atoms with Crippen LogP contribution in [0.5, 0.6) is 5.75 Å². The highest BCUT2D eigenvalue weighted by Gasteiger charge is 2.66. The van der Waals surface area contributed by atoms with Crippen molar-refractivity contribution in [1.29, 1.82) is 0 Å². The van der Waals surface area contributed by atoms with Gasteiger partial charge in [-0.3, -0.25) is 4.79 Å². The van der Waals surface area contributed by atoms with E-state index in [-0.39, 0.29) is 5.91 Å². The molecule has 5 fully saturated rings. The number of ether oxygens (including phenoxy) is 1. The first-order valence-corrected chi connectivity index (χ1v) is 15.5. The van der Waals surface area contributed by atoms with Crippen LogP contribution in [-0.4, -0.2) is 44.6 Å². The molecular formula is C35H40N4O2. The quantitative estimate of drug-likeness (QED) is 0.232. The Labute approximate surface area is 242 Å². The summed E-state index contributed by atoms with van der Waals surface area (Å²) in [5, 5.41) is 1.24. The molecule has 6 heteroatoms. The van der Waals surface area contributed by atoms with Crippen LogP contribution in [0.4, 0.5) is 0 Å². The highest BCUT2D eigenvalue weighted by atomic mass is 16.5. The fourth-order valence-corrected chi connectivity index (χ4v) is 8.13. The average Bonchev–Trinajstić information content (AvgIpc) is 3.40. The molecule has 4 aromatic rings. The van der Waals surface area contributed by atoms with Crippen LogP contribution in [0.15, 0.2) is 42.5 Å². The maximum atomic E-state index is 13.7. The number of nitrogens with zero attached hydrogens (tertiary/aromatic N) is 4. The van der Waals surface area contributed by atoms with E-state index >= 15 is 0 Å². The zero-order valence-electron chi connectivity index (χ0n) is 24.7. The third-order valence-corrected chi connectivity index (χ3v) is 10.4. The van der Waals surface area contributed by atoms with Crippen molar-refractivity contribution in [3.63, 3.8) is 0 Å². The molecule has 41 heavy (non-hydrogen) atoms. The first-order valence-electron chi connectivity index (χ1n) is 15.5. The van der Waals surface area contributed by atoms with Gasteiger partial charge in [0, 0.05) is 48.1 Å². The van der Waals surface area contributed by atoms with Gasteiger partial charge in [0.15, 0.2) is 5.82 Å². The van der Waals surface area contributed by atoms with Crippen molar-refractivity contribution in [1.82, 2.24) is 19.0 Å². The van der Waals surface area contributed by atoms with Crippen LogP contribution in [0.3, 0.4) is 0 Å². The minimum Gasteiger partial charge on any atom is -0.494 e. The molecule has 1 spiro atoms. The van der Waals surface area contributed by atoms with E-state index in [1.807, 2.05) is 12.1 Å². The number of rotatable bonds is 8. The van der Waals surface area contributed by atoms with Gasteiger partial charge in [-0.25, -0.2) is 4.98 Å². The van der Waals surface area contributed by atoms with Crippen molar-refractivity contribution in [2.24, 2.45) is 30.2 Å². The number of fused-ring (bicyclic) bond motifs is 2. The lowest BCUT2D eigenvalue weighted by atomic mass is 9.63. The number of methoxy groups -OCH3 is 1. The summed E-state index contributed by atoms with van der Waals surface area (Å²) < 4.78 is 10.5. The monoisotopic (exact) mass is 548 g/mol. The Morgan fingerprint density at radius 3 is 2.73 bits per heavy atom. The van der Waals surface area contributed by atoms with Crippen molar-refractivity contribution >= 4 is 33.9 Å². The minimum atomic E-state index is 0.126. The second-order valence-corrected chi connectivity index (χ2v) is 13.8. The zero-order chi connectivity index (χ0) is 28.0. The fraction of sp³-hybridized carbons (Fsp3) is 0.486. The number of hydrogen-bond acceptors (Lipinski definition) is 3. The molecule has 2 aromatic heterocycles. The molecule has 5 aliphatic rings. The van der Waals surface area contributed by atoms with E-state index in [9.17, 15) is 4.79 Å². The Hall–Kier alpha value is -3.54. The van der Waals surface area contributed by atoms with Gasteiger partial charge in [-0.05, 0) is 92.2 Å². The van der Waals surface area contributed by atoms with Gasteiger partial charge < -0.3 is 18.8 Å². The number of aryl methyl sites for hydroxylation is 1. The smallest absolute Gasteiger partial charge is 0.254 e. The molecule has 3 heterocycles. The maximum Gasteiger partial charge on any atom is 0.254 e. The lowest BCUT2D eigenvalue weighted by Crippen LogP contribution is -2.64. The summed E-state index contributed by atoms with van der Waals surface area (Å²) in [6, 6.07) is 13.4. The van der Waals surface area contributed by atoms with Crippen LogP contribution in [0.2, 0.25) is 0 Å². The van der Waals surface area contributed by atoms with Crippen LogP contribution >= 0.6 is 0 Å². The Balaban J connectivity index is 1.19. The first kappa shape index (κ1) is 25.2. The van der Waals surface area contributed by atoms with Gasteiger partial charge >= 0.3 is 0 Å². The molecule has 1 amide bonds. The summed E-state index contributed by atoms with van der Waals surface area (Å²) in [7, 11) is 3.76. The Bertz CT molecular complexity index is 1730. The number of likely N-dealkylation sites (tertiary alicyclic amines) is 1. The van der Waals surface area contributed by atoms with Gasteiger partial charge in [0.25, 0.3) is 5.91 Å². The lowest BCUT2D eigenvalue weighted by Gasteiger charge is -2.56. The third-order valence-electron chi connectivity index (χ3n) is 10.4. The molecule has 4 aliphatic carbocycles. The molecule has 1 unspecified atom stereocenters.